The standard InChI is InChI=1S/C18H36.Zn/c1-3-5-7-9-11-13-15-17-18-16-14-12-10-8-6-4-2;/h3H,1,4-18H2,2H3;. The molecule has 0 fully saturated rings. The molecule has 0 amide bonds. The van der Waals surface area contributed by atoms with Gasteiger partial charge in [0.2, 0.25) is 0 Å². The van der Waals surface area contributed by atoms with Crippen LogP contribution in [0.2, 0.25) is 0 Å². The van der Waals surface area contributed by atoms with Crippen molar-refractivity contribution < 1.29 is 19.5 Å². The van der Waals surface area contributed by atoms with Gasteiger partial charge in [0.05, 0.1) is 0 Å². The van der Waals surface area contributed by atoms with Gasteiger partial charge < -0.3 is 0 Å². The van der Waals surface area contributed by atoms with Crippen LogP contribution in [0.15, 0.2) is 12.7 Å². The van der Waals surface area contributed by atoms with E-state index in [9.17, 15) is 0 Å². The molecule has 0 spiro atoms. The third-order valence-electron chi connectivity index (χ3n) is 3.76. The predicted molar refractivity (Wildman–Crippen MR) is 85.1 cm³/mol. The maximum absolute atomic E-state index is 3.76. The Bertz CT molecular complexity index is 154. The number of hydrogen-bond acceptors (Lipinski definition) is 0. The average molecular weight is 318 g/mol. The van der Waals surface area contributed by atoms with Crippen molar-refractivity contribution >= 4 is 0 Å². The van der Waals surface area contributed by atoms with Gasteiger partial charge in [0.15, 0.2) is 0 Å². The van der Waals surface area contributed by atoms with Gasteiger partial charge in [-0.25, -0.2) is 0 Å². The van der Waals surface area contributed by atoms with Gasteiger partial charge in [0, 0.05) is 19.5 Å². The monoisotopic (exact) mass is 316 g/mol. The summed E-state index contributed by atoms with van der Waals surface area (Å²) in [4.78, 5) is 0. The van der Waals surface area contributed by atoms with Crippen LogP contribution in [0.25, 0.3) is 0 Å². The van der Waals surface area contributed by atoms with E-state index in [0.717, 1.165) is 0 Å². The summed E-state index contributed by atoms with van der Waals surface area (Å²) in [5.74, 6) is 0. The first-order chi connectivity index (χ1) is 8.91. The first-order valence-electron chi connectivity index (χ1n) is 8.52. The molecule has 0 aliphatic carbocycles. The van der Waals surface area contributed by atoms with Crippen LogP contribution < -0.4 is 0 Å². The van der Waals surface area contributed by atoms with Crippen molar-refractivity contribution in [1.82, 2.24) is 0 Å². The Morgan fingerprint density at radius 3 is 1.21 bits per heavy atom. The van der Waals surface area contributed by atoms with Crippen LogP contribution in [0.1, 0.15) is 103 Å². The van der Waals surface area contributed by atoms with Gasteiger partial charge in [-0.2, -0.15) is 0 Å². The summed E-state index contributed by atoms with van der Waals surface area (Å²) in [5, 5.41) is 0. The SMILES string of the molecule is C=CCCCCCCCCCCCCCCCC.[Zn]. The summed E-state index contributed by atoms with van der Waals surface area (Å²) in [6.07, 6.45) is 23.5. The second kappa shape index (κ2) is 20.7. The van der Waals surface area contributed by atoms with E-state index in [1.54, 1.807) is 0 Å². The van der Waals surface area contributed by atoms with Crippen LogP contribution in [0.5, 0.6) is 0 Å². The summed E-state index contributed by atoms with van der Waals surface area (Å²) in [5.41, 5.74) is 0. The topological polar surface area (TPSA) is 0 Å². The molecule has 19 heavy (non-hydrogen) atoms. The Labute approximate surface area is 135 Å². The molecular weight excluding hydrogens is 282 g/mol. The molecule has 110 valence electrons. The third kappa shape index (κ3) is 20.8. The predicted octanol–water partition coefficient (Wildman–Crippen LogP) is 7.04. The molecule has 0 heterocycles. The summed E-state index contributed by atoms with van der Waals surface area (Å²) in [6, 6.07) is 0. The average Bonchev–Trinajstić information content (AvgIpc) is 2.39. The number of allylic oxidation sites excluding steroid dienone is 1. The quantitative estimate of drug-likeness (QED) is 0.172. The minimum Gasteiger partial charge on any atom is -0.103 e. The van der Waals surface area contributed by atoms with Crippen molar-refractivity contribution in [2.24, 2.45) is 0 Å². The molecule has 0 radical (unpaired) electrons. The van der Waals surface area contributed by atoms with Crippen molar-refractivity contribution in [1.29, 1.82) is 0 Å². The molecule has 0 unspecified atom stereocenters. The molecule has 0 aliphatic rings. The van der Waals surface area contributed by atoms with Gasteiger partial charge >= 0.3 is 0 Å². The molecule has 0 atom stereocenters. The van der Waals surface area contributed by atoms with Crippen LogP contribution in [-0.2, 0) is 19.5 Å². The number of unbranched alkanes of at least 4 members (excludes halogenated alkanes) is 14. The molecule has 0 aliphatic heterocycles. The summed E-state index contributed by atoms with van der Waals surface area (Å²) >= 11 is 0. The van der Waals surface area contributed by atoms with Crippen molar-refractivity contribution in [2.45, 2.75) is 103 Å². The maximum Gasteiger partial charge on any atom is 0 e. The molecule has 0 rings (SSSR count). The Hall–Kier alpha value is 0.363. The van der Waals surface area contributed by atoms with E-state index in [2.05, 4.69) is 13.5 Å². The van der Waals surface area contributed by atoms with E-state index in [0.29, 0.717) is 0 Å². The first-order valence-corrected chi connectivity index (χ1v) is 8.52. The smallest absolute Gasteiger partial charge is 0 e. The van der Waals surface area contributed by atoms with Crippen molar-refractivity contribution in [2.75, 3.05) is 0 Å². The molecule has 0 saturated carbocycles. The Morgan fingerprint density at radius 1 is 0.579 bits per heavy atom. The fourth-order valence-corrected chi connectivity index (χ4v) is 2.48. The largest absolute Gasteiger partial charge is 0.103 e. The van der Waals surface area contributed by atoms with Gasteiger partial charge in [0.1, 0.15) is 0 Å². The van der Waals surface area contributed by atoms with Crippen LogP contribution in [-0.4, -0.2) is 0 Å². The minimum atomic E-state index is 0. The van der Waals surface area contributed by atoms with Crippen molar-refractivity contribution in [3.05, 3.63) is 12.7 Å². The molecule has 0 aromatic heterocycles. The Morgan fingerprint density at radius 2 is 0.895 bits per heavy atom. The van der Waals surface area contributed by atoms with Crippen LogP contribution >= 0.6 is 0 Å². The molecule has 0 N–H and O–H groups in total. The van der Waals surface area contributed by atoms with Crippen LogP contribution in [0.4, 0.5) is 0 Å². The fourth-order valence-electron chi connectivity index (χ4n) is 2.48. The first kappa shape index (κ1) is 21.7. The summed E-state index contributed by atoms with van der Waals surface area (Å²) in [7, 11) is 0. The van der Waals surface area contributed by atoms with E-state index < -0.39 is 0 Å². The van der Waals surface area contributed by atoms with Crippen molar-refractivity contribution in [3.63, 3.8) is 0 Å². The fraction of sp³-hybridized carbons (Fsp3) is 0.889. The van der Waals surface area contributed by atoms with Crippen LogP contribution in [0, 0.1) is 0 Å². The van der Waals surface area contributed by atoms with Gasteiger partial charge in [-0.3, -0.25) is 0 Å². The molecule has 0 nitrogen and oxygen atoms in total. The molecule has 0 saturated heterocycles. The van der Waals surface area contributed by atoms with Gasteiger partial charge in [-0.15, -0.1) is 6.58 Å². The summed E-state index contributed by atoms with van der Waals surface area (Å²) < 4.78 is 0. The molecular formula is C18H36Zn. The summed E-state index contributed by atoms with van der Waals surface area (Å²) in [6.45, 7) is 6.05. The molecule has 0 aromatic rings. The van der Waals surface area contributed by atoms with Gasteiger partial charge in [0.25, 0.3) is 0 Å². The maximum atomic E-state index is 3.76. The zero-order valence-electron chi connectivity index (χ0n) is 13.6. The van der Waals surface area contributed by atoms with Gasteiger partial charge in [-0.05, 0) is 12.8 Å². The zero-order chi connectivity index (χ0) is 13.3. The van der Waals surface area contributed by atoms with E-state index in [-0.39, 0.29) is 19.5 Å². The second-order valence-electron chi connectivity index (χ2n) is 5.67. The molecule has 0 aromatic carbocycles. The second-order valence-corrected chi connectivity index (χ2v) is 5.67. The number of hydrogen-bond donors (Lipinski definition) is 0. The molecule has 1 heteroatoms. The van der Waals surface area contributed by atoms with E-state index in [4.69, 9.17) is 0 Å². The zero-order valence-corrected chi connectivity index (χ0v) is 16.6. The molecule has 0 bridgehead atoms. The van der Waals surface area contributed by atoms with Crippen molar-refractivity contribution in [3.8, 4) is 0 Å². The van der Waals surface area contributed by atoms with E-state index >= 15 is 0 Å². The minimum absolute atomic E-state index is 0. The third-order valence-corrected chi connectivity index (χ3v) is 3.76. The van der Waals surface area contributed by atoms with Crippen LogP contribution in [0.3, 0.4) is 0 Å². The van der Waals surface area contributed by atoms with E-state index in [1.165, 1.54) is 96.3 Å². The van der Waals surface area contributed by atoms with Gasteiger partial charge in [-0.1, -0.05) is 96.5 Å². The normalized spacial score (nSPS) is 10.2. The number of rotatable bonds is 15. The Balaban J connectivity index is 0. The Kier molecular flexibility index (Phi) is 23.6. The van der Waals surface area contributed by atoms with E-state index in [1.807, 2.05) is 6.08 Å².